The fourth-order valence-electron chi connectivity index (χ4n) is 15.5. The van der Waals surface area contributed by atoms with Gasteiger partial charge in [-0.15, -0.1) is 0 Å². The van der Waals surface area contributed by atoms with Crippen molar-refractivity contribution in [1.29, 1.82) is 0 Å². The Morgan fingerprint density at radius 2 is 1.28 bits per heavy atom. The van der Waals surface area contributed by atoms with Gasteiger partial charge in [0.15, 0.2) is 18.9 Å². The molecule has 17 heteroatoms. The molecule has 0 radical (unpaired) electrons. The first-order valence-electron chi connectivity index (χ1n) is 24.1. The van der Waals surface area contributed by atoms with Crippen LogP contribution in [0.15, 0.2) is 12.2 Å². The predicted octanol–water partition coefficient (Wildman–Crippen LogP) is 0.835. The summed E-state index contributed by atoms with van der Waals surface area (Å²) in [5, 5.41) is 98.8. The molecule has 370 valence electrons. The van der Waals surface area contributed by atoms with E-state index in [1.54, 1.807) is 6.92 Å². The minimum atomic E-state index is -1.80. The standard InChI is InChI=1S/C48H76O17/c1-21-30(52)33(55)36(58)39(60-21)64-38-35(57)32(54)23(19-49)62-41(38)65-37-34(56)31(53)22(2)61-40(37)63-29-12-13-44(7)24(43(29,5)6)10-14-45(8)25(44)11-15-48-26-16-42(3,4)27(50)18-47(26,20-59-48)28(51)17-46(45,48)9/h11,15,21-26,28-41,49,51-58H,10,12-14,16-20H2,1-9H3/t21-,22+,23+,24-,25+,26+,28+,29-,30+,31-,32+,33-,34-,35-,36+,37+,38+,39-,40-,41-,44-,45+,46-,47+,48+/m0/s1. The number of allylic oxidation sites excluding steroid dienone is 1. The molecule has 17 nitrogen and oxygen atoms in total. The SMILES string of the molecule is C[C@@H]1O[C@@H](O[C@H]2[C@H](O[C@H]3[C@H](O[C@H]4CC[C@]5(C)[C@H]6C=C[C@@]78OC[C@@]9(CC(=O)C(C)(C)C[C@H]97)[C@H](O)C[C@@]8(C)[C@]6(C)CC[C@H]5C4(C)C)O[C@H](C)[C@H](O)[C@@H]3O)O[C@H](CO)[C@@H](O)[C@@H]2O)[C@H](O)[C@@H](O)[C@@H]1O. The molecular formula is C48H76O17. The maximum Gasteiger partial charge on any atom is 0.187 e. The average molecular weight is 925 g/mol. The van der Waals surface area contributed by atoms with Crippen molar-refractivity contribution in [2.75, 3.05) is 13.2 Å². The zero-order valence-corrected chi connectivity index (χ0v) is 39.4. The molecular weight excluding hydrogens is 849 g/mol. The van der Waals surface area contributed by atoms with Crippen molar-refractivity contribution < 1.29 is 83.9 Å². The van der Waals surface area contributed by atoms with E-state index in [1.807, 2.05) is 13.8 Å². The molecule has 65 heavy (non-hydrogen) atoms. The van der Waals surface area contributed by atoms with Gasteiger partial charge in [0.2, 0.25) is 0 Å². The van der Waals surface area contributed by atoms with E-state index in [4.69, 9.17) is 33.2 Å². The predicted molar refractivity (Wildman–Crippen MR) is 227 cm³/mol. The molecule has 4 aliphatic heterocycles. The van der Waals surface area contributed by atoms with Crippen LogP contribution in [0.2, 0.25) is 0 Å². The van der Waals surface area contributed by atoms with Gasteiger partial charge < -0.3 is 79.1 Å². The molecule has 4 saturated carbocycles. The summed E-state index contributed by atoms with van der Waals surface area (Å²) < 4.78 is 44.1. The fraction of sp³-hybridized carbons (Fsp3) is 0.938. The van der Waals surface area contributed by atoms with Gasteiger partial charge in [0.25, 0.3) is 0 Å². The number of ether oxygens (including phenoxy) is 7. The van der Waals surface area contributed by atoms with Crippen LogP contribution in [0.5, 0.6) is 0 Å². The van der Waals surface area contributed by atoms with Gasteiger partial charge in [0, 0.05) is 28.6 Å². The van der Waals surface area contributed by atoms with Gasteiger partial charge in [0.05, 0.1) is 43.2 Å². The highest BCUT2D eigenvalue weighted by atomic mass is 16.8. The van der Waals surface area contributed by atoms with Crippen LogP contribution < -0.4 is 0 Å². The van der Waals surface area contributed by atoms with Crippen LogP contribution in [0, 0.1) is 50.2 Å². The Bertz CT molecular complexity index is 1850. The van der Waals surface area contributed by atoms with Crippen molar-refractivity contribution >= 4 is 5.78 Å². The molecule has 25 atom stereocenters. The van der Waals surface area contributed by atoms with Crippen molar-refractivity contribution in [2.45, 2.75) is 217 Å². The number of fused-ring (bicyclic) bond motifs is 4. The normalized spacial score (nSPS) is 58.0. The van der Waals surface area contributed by atoms with E-state index < -0.39 is 138 Å². The highest BCUT2D eigenvalue weighted by Gasteiger charge is 2.79. The van der Waals surface area contributed by atoms with Crippen molar-refractivity contribution in [1.82, 2.24) is 0 Å². The summed E-state index contributed by atoms with van der Waals surface area (Å²) in [6, 6.07) is 0. The molecule has 0 aromatic carbocycles. The number of aliphatic hydroxyl groups excluding tert-OH is 9. The van der Waals surface area contributed by atoms with Crippen LogP contribution in [0.1, 0.15) is 107 Å². The second kappa shape index (κ2) is 16.2. The van der Waals surface area contributed by atoms with Gasteiger partial charge in [-0.3, -0.25) is 4.79 Å². The molecule has 5 aliphatic carbocycles. The number of ketones is 1. The number of hydrogen-bond acceptors (Lipinski definition) is 17. The molecule has 9 N–H and O–H groups in total. The van der Waals surface area contributed by atoms with Gasteiger partial charge in [-0.2, -0.15) is 0 Å². The summed E-state index contributed by atoms with van der Waals surface area (Å²) >= 11 is 0. The number of rotatable bonds is 7. The topological polar surface area (TPSA) is 264 Å². The van der Waals surface area contributed by atoms with Crippen LogP contribution >= 0.6 is 0 Å². The van der Waals surface area contributed by atoms with Crippen LogP contribution in [0.3, 0.4) is 0 Å². The summed E-state index contributed by atoms with van der Waals surface area (Å²) in [7, 11) is 0. The first-order valence-corrected chi connectivity index (χ1v) is 24.1. The number of aliphatic hydroxyl groups is 9. The van der Waals surface area contributed by atoms with E-state index in [-0.39, 0.29) is 34.4 Å². The minimum absolute atomic E-state index is 0.0139. The second-order valence-electron chi connectivity index (χ2n) is 23.7. The Hall–Kier alpha value is -1.23. The molecule has 0 amide bonds. The van der Waals surface area contributed by atoms with Gasteiger partial charge in [-0.05, 0) is 80.5 Å². The van der Waals surface area contributed by atoms with E-state index in [0.717, 1.165) is 19.3 Å². The minimum Gasteiger partial charge on any atom is -0.394 e. The first-order chi connectivity index (χ1) is 30.2. The zero-order valence-electron chi connectivity index (χ0n) is 39.4. The molecule has 9 aliphatic rings. The third kappa shape index (κ3) is 6.79. The lowest BCUT2D eigenvalue weighted by Gasteiger charge is -2.73. The monoisotopic (exact) mass is 925 g/mol. The lowest BCUT2D eigenvalue weighted by molar-refractivity contribution is -0.396. The molecule has 2 bridgehead atoms. The Morgan fingerprint density at radius 1 is 0.677 bits per heavy atom. The third-order valence-corrected chi connectivity index (χ3v) is 19.8. The second-order valence-corrected chi connectivity index (χ2v) is 23.7. The number of carbonyl (C=O) groups is 1. The Morgan fingerprint density at radius 3 is 1.94 bits per heavy atom. The fourth-order valence-corrected chi connectivity index (χ4v) is 15.5. The molecule has 9 rings (SSSR count). The lowest BCUT2D eigenvalue weighted by atomic mass is 9.32. The average Bonchev–Trinajstić information content (AvgIpc) is 3.50. The number of hydrogen-bond donors (Lipinski definition) is 9. The molecule has 4 saturated heterocycles. The molecule has 8 fully saturated rings. The maximum atomic E-state index is 13.5. The van der Waals surface area contributed by atoms with Crippen LogP contribution in [0.25, 0.3) is 0 Å². The van der Waals surface area contributed by atoms with Gasteiger partial charge in [-0.25, -0.2) is 0 Å². The van der Waals surface area contributed by atoms with Crippen LogP contribution in [-0.4, -0.2) is 175 Å². The Balaban J connectivity index is 0.978. The smallest absolute Gasteiger partial charge is 0.187 e. The van der Waals surface area contributed by atoms with E-state index in [2.05, 4.69) is 46.8 Å². The molecule has 0 aromatic heterocycles. The van der Waals surface area contributed by atoms with Crippen molar-refractivity contribution in [2.24, 2.45) is 50.2 Å². The summed E-state index contributed by atoms with van der Waals surface area (Å²) in [5.41, 5.74) is -3.03. The van der Waals surface area contributed by atoms with Gasteiger partial charge in [-0.1, -0.05) is 60.6 Å². The Kier molecular flexibility index (Phi) is 12.1. The first kappa shape index (κ1) is 48.8. The highest BCUT2D eigenvalue weighted by Crippen LogP contribution is 2.79. The molecule has 4 heterocycles. The zero-order chi connectivity index (χ0) is 47.4. The van der Waals surface area contributed by atoms with E-state index >= 15 is 0 Å². The lowest BCUT2D eigenvalue weighted by Crippen LogP contribution is -2.73. The summed E-state index contributed by atoms with van der Waals surface area (Å²) in [6.07, 6.45) is -14.1. The maximum absolute atomic E-state index is 13.5. The summed E-state index contributed by atoms with van der Waals surface area (Å²) in [4.78, 5) is 13.5. The van der Waals surface area contributed by atoms with Crippen molar-refractivity contribution in [3.63, 3.8) is 0 Å². The largest absolute Gasteiger partial charge is 0.394 e. The quantitative estimate of drug-likeness (QED) is 0.127. The Labute approximate surface area is 381 Å². The van der Waals surface area contributed by atoms with E-state index in [0.29, 0.717) is 32.3 Å². The summed E-state index contributed by atoms with van der Waals surface area (Å²) in [6.45, 7) is 18.3. The molecule has 1 spiro atoms. The van der Waals surface area contributed by atoms with Crippen molar-refractivity contribution in [3.8, 4) is 0 Å². The third-order valence-electron chi connectivity index (χ3n) is 19.8. The molecule has 0 unspecified atom stereocenters. The van der Waals surface area contributed by atoms with Crippen molar-refractivity contribution in [3.05, 3.63) is 12.2 Å². The number of carbonyl (C=O) groups excluding carboxylic acids is 1. The summed E-state index contributed by atoms with van der Waals surface area (Å²) in [5.74, 6) is 0.490. The van der Waals surface area contributed by atoms with E-state index in [1.165, 1.54) is 6.92 Å². The van der Waals surface area contributed by atoms with E-state index in [9.17, 15) is 50.8 Å². The number of Topliss-reactive ketones (excluding diaryl/α,β-unsaturated/α-hetero) is 1. The highest BCUT2D eigenvalue weighted by molar-refractivity contribution is 5.86. The van der Waals surface area contributed by atoms with Crippen LogP contribution in [-0.2, 0) is 38.0 Å². The van der Waals surface area contributed by atoms with Crippen LogP contribution in [0.4, 0.5) is 0 Å². The van der Waals surface area contributed by atoms with Gasteiger partial charge >= 0.3 is 0 Å². The van der Waals surface area contributed by atoms with Gasteiger partial charge in [0.1, 0.15) is 66.8 Å². The molecule has 0 aromatic rings.